The molecule has 2 aliphatic rings. The van der Waals surface area contributed by atoms with E-state index in [1.807, 2.05) is 25.1 Å². The third-order valence-electron chi connectivity index (χ3n) is 4.84. The number of hydrogen-bond donors (Lipinski definition) is 1. The van der Waals surface area contributed by atoms with Crippen molar-refractivity contribution >= 4 is 18.3 Å². The van der Waals surface area contributed by atoms with Crippen molar-refractivity contribution in [1.82, 2.24) is 10.2 Å². The number of benzene rings is 1. The average Bonchev–Trinajstić information content (AvgIpc) is 2.86. The van der Waals surface area contributed by atoms with E-state index in [2.05, 4.69) is 17.1 Å². The maximum absolute atomic E-state index is 13.1. The minimum atomic E-state index is 0. The number of carbonyl (C=O) groups is 1. The Morgan fingerprint density at radius 2 is 1.96 bits per heavy atom. The van der Waals surface area contributed by atoms with E-state index in [9.17, 15) is 4.79 Å². The number of hydrogen-bond acceptors (Lipinski definition) is 4. The predicted molar refractivity (Wildman–Crippen MR) is 101 cm³/mol. The summed E-state index contributed by atoms with van der Waals surface area (Å²) in [5.41, 5.74) is 0.695. The molecule has 1 N–H and O–H groups in total. The van der Waals surface area contributed by atoms with Crippen LogP contribution >= 0.6 is 12.4 Å². The summed E-state index contributed by atoms with van der Waals surface area (Å²) in [6, 6.07) is 6.26. The summed E-state index contributed by atoms with van der Waals surface area (Å²) in [7, 11) is 0. The van der Waals surface area contributed by atoms with Gasteiger partial charge in [0, 0.05) is 24.2 Å². The van der Waals surface area contributed by atoms with Crippen LogP contribution in [-0.2, 0) is 0 Å². The molecule has 2 atom stereocenters. The van der Waals surface area contributed by atoms with Gasteiger partial charge in [0.05, 0.1) is 13.2 Å². The van der Waals surface area contributed by atoms with E-state index in [1.165, 1.54) is 0 Å². The quantitative estimate of drug-likeness (QED) is 0.837. The minimum Gasteiger partial charge on any atom is -0.490 e. The summed E-state index contributed by atoms with van der Waals surface area (Å²) < 4.78 is 11.4. The van der Waals surface area contributed by atoms with Gasteiger partial charge in [-0.15, -0.1) is 12.4 Å². The smallest absolute Gasteiger partial charge is 0.254 e. The molecule has 0 saturated carbocycles. The molecule has 0 aromatic heterocycles. The zero-order chi connectivity index (χ0) is 16.9. The Labute approximate surface area is 156 Å². The van der Waals surface area contributed by atoms with E-state index >= 15 is 0 Å². The van der Waals surface area contributed by atoms with E-state index in [-0.39, 0.29) is 18.3 Å². The Morgan fingerprint density at radius 1 is 1.16 bits per heavy atom. The Hall–Kier alpha value is -1.46. The first-order valence-electron chi connectivity index (χ1n) is 9.17. The number of halogens is 1. The zero-order valence-corrected chi connectivity index (χ0v) is 15.9. The van der Waals surface area contributed by atoms with E-state index in [0.29, 0.717) is 36.6 Å². The molecule has 2 saturated heterocycles. The van der Waals surface area contributed by atoms with Crippen molar-refractivity contribution in [2.75, 3.05) is 26.3 Å². The van der Waals surface area contributed by atoms with E-state index < -0.39 is 0 Å². The van der Waals surface area contributed by atoms with Gasteiger partial charge in [-0.2, -0.15) is 0 Å². The van der Waals surface area contributed by atoms with Crippen molar-refractivity contribution in [1.29, 1.82) is 0 Å². The van der Waals surface area contributed by atoms with Crippen LogP contribution in [0.1, 0.15) is 49.9 Å². The van der Waals surface area contributed by atoms with Gasteiger partial charge in [0.15, 0.2) is 11.5 Å². The van der Waals surface area contributed by atoms with Gasteiger partial charge in [-0.25, -0.2) is 0 Å². The largest absolute Gasteiger partial charge is 0.490 e. The summed E-state index contributed by atoms with van der Waals surface area (Å²) in [5, 5.41) is 3.44. The molecule has 2 unspecified atom stereocenters. The third kappa shape index (κ3) is 4.39. The average molecular weight is 369 g/mol. The van der Waals surface area contributed by atoms with Gasteiger partial charge in [0.1, 0.15) is 0 Å². The molecule has 140 valence electrons. The van der Waals surface area contributed by atoms with E-state index in [4.69, 9.17) is 9.47 Å². The molecule has 2 heterocycles. The van der Waals surface area contributed by atoms with Gasteiger partial charge in [0.25, 0.3) is 5.91 Å². The van der Waals surface area contributed by atoms with Gasteiger partial charge < -0.3 is 19.7 Å². The highest BCUT2D eigenvalue weighted by Gasteiger charge is 2.38. The molecule has 1 aromatic carbocycles. The highest BCUT2D eigenvalue weighted by molar-refractivity contribution is 5.95. The predicted octanol–water partition coefficient (Wildman–Crippen LogP) is 3.26. The Morgan fingerprint density at radius 3 is 2.72 bits per heavy atom. The number of carbonyl (C=O) groups excluding carboxylic acids is 1. The molecule has 2 bridgehead atoms. The summed E-state index contributed by atoms with van der Waals surface area (Å²) in [6.07, 6.45) is 4.20. The summed E-state index contributed by atoms with van der Waals surface area (Å²) in [4.78, 5) is 15.2. The second kappa shape index (κ2) is 9.30. The lowest BCUT2D eigenvalue weighted by Crippen LogP contribution is -2.42. The molecule has 1 amide bonds. The van der Waals surface area contributed by atoms with Gasteiger partial charge in [-0.05, 0) is 57.4 Å². The lowest BCUT2D eigenvalue weighted by Gasteiger charge is -2.28. The lowest BCUT2D eigenvalue weighted by molar-refractivity contribution is 0.0679. The van der Waals surface area contributed by atoms with Crippen LogP contribution in [-0.4, -0.2) is 49.2 Å². The first-order chi connectivity index (χ1) is 11.7. The number of amides is 1. The molecule has 0 aliphatic carbocycles. The maximum atomic E-state index is 13.1. The normalized spacial score (nSPS) is 22.1. The number of fused-ring (bicyclic) bond motifs is 2. The second-order valence-electron chi connectivity index (χ2n) is 6.53. The number of nitrogens with zero attached hydrogens (tertiary/aromatic N) is 1. The third-order valence-corrected chi connectivity index (χ3v) is 4.84. The fourth-order valence-electron chi connectivity index (χ4n) is 3.70. The molecule has 5 nitrogen and oxygen atoms in total. The maximum Gasteiger partial charge on any atom is 0.254 e. The topological polar surface area (TPSA) is 50.8 Å². The molecule has 1 aromatic rings. The minimum absolute atomic E-state index is 0. The molecular weight excluding hydrogens is 340 g/mol. The molecule has 2 aliphatic heterocycles. The first-order valence-corrected chi connectivity index (χ1v) is 9.17. The van der Waals surface area contributed by atoms with Crippen LogP contribution in [0.5, 0.6) is 11.5 Å². The van der Waals surface area contributed by atoms with Crippen molar-refractivity contribution in [3.8, 4) is 11.5 Å². The number of nitrogens with one attached hydrogen (secondary N) is 1. The number of ether oxygens (including phenoxy) is 2. The van der Waals surface area contributed by atoms with Crippen molar-refractivity contribution in [2.24, 2.45) is 0 Å². The van der Waals surface area contributed by atoms with Crippen LogP contribution in [0.15, 0.2) is 18.2 Å². The van der Waals surface area contributed by atoms with Gasteiger partial charge in [-0.3, -0.25) is 4.79 Å². The van der Waals surface area contributed by atoms with Crippen LogP contribution in [0.4, 0.5) is 0 Å². The summed E-state index contributed by atoms with van der Waals surface area (Å²) >= 11 is 0. The number of rotatable bonds is 6. The molecule has 0 spiro atoms. The molecule has 2 fully saturated rings. The Bertz CT molecular complexity index is 568. The van der Waals surface area contributed by atoms with Crippen molar-refractivity contribution in [2.45, 2.75) is 51.6 Å². The van der Waals surface area contributed by atoms with Crippen molar-refractivity contribution in [3.63, 3.8) is 0 Å². The SMILES string of the molecule is CCCOc1ccc(C(=O)N2C3CCNCC2CC3)cc1OCC.Cl. The summed E-state index contributed by atoms with van der Waals surface area (Å²) in [6.45, 7) is 7.12. The zero-order valence-electron chi connectivity index (χ0n) is 15.1. The van der Waals surface area contributed by atoms with Gasteiger partial charge in [-0.1, -0.05) is 6.92 Å². The highest BCUT2D eigenvalue weighted by atomic mass is 35.5. The molecule has 0 radical (unpaired) electrons. The fourth-order valence-corrected chi connectivity index (χ4v) is 3.70. The Balaban J connectivity index is 0.00000225. The van der Waals surface area contributed by atoms with Crippen molar-refractivity contribution in [3.05, 3.63) is 23.8 Å². The molecule has 3 rings (SSSR count). The van der Waals surface area contributed by atoms with E-state index in [1.54, 1.807) is 0 Å². The standard InChI is InChI=1S/C19H28N2O3.ClH/c1-3-11-24-17-8-5-14(12-18(17)23-4-2)19(22)21-15-6-7-16(21)13-20-10-9-15;/h5,8,12,15-16,20H,3-4,6-7,9-11,13H2,1-2H3;1H. The second-order valence-corrected chi connectivity index (χ2v) is 6.53. The van der Waals surface area contributed by atoms with E-state index in [0.717, 1.165) is 44.5 Å². The van der Waals surface area contributed by atoms with Gasteiger partial charge in [0.2, 0.25) is 0 Å². The summed E-state index contributed by atoms with van der Waals surface area (Å²) in [5.74, 6) is 1.50. The lowest BCUT2D eigenvalue weighted by atomic mass is 10.1. The molecule has 25 heavy (non-hydrogen) atoms. The Kier molecular flexibility index (Phi) is 7.38. The van der Waals surface area contributed by atoms with Crippen LogP contribution in [0.2, 0.25) is 0 Å². The first kappa shape index (κ1) is 19.9. The monoisotopic (exact) mass is 368 g/mol. The van der Waals surface area contributed by atoms with Gasteiger partial charge >= 0.3 is 0 Å². The van der Waals surface area contributed by atoms with Crippen molar-refractivity contribution < 1.29 is 14.3 Å². The highest BCUT2D eigenvalue weighted by Crippen LogP contribution is 2.33. The van der Waals surface area contributed by atoms with Crippen LogP contribution in [0.25, 0.3) is 0 Å². The van der Waals surface area contributed by atoms with Crippen LogP contribution in [0, 0.1) is 0 Å². The fraction of sp³-hybridized carbons (Fsp3) is 0.632. The van der Waals surface area contributed by atoms with Crippen LogP contribution in [0.3, 0.4) is 0 Å². The van der Waals surface area contributed by atoms with Crippen LogP contribution < -0.4 is 14.8 Å². The molecule has 6 heteroatoms. The molecular formula is C19H29ClN2O3.